The number of aliphatic hydroxyl groups excluding tert-OH is 1. The Hall–Kier alpha value is -1.83. The van der Waals surface area contributed by atoms with E-state index in [2.05, 4.69) is 5.32 Å². The van der Waals surface area contributed by atoms with Crippen LogP contribution >= 0.6 is 0 Å². The number of aliphatic hydroxyl groups is 1. The van der Waals surface area contributed by atoms with Crippen LogP contribution < -0.4 is 11.1 Å². The third-order valence-electron chi connectivity index (χ3n) is 2.14. The summed E-state index contributed by atoms with van der Waals surface area (Å²) in [4.78, 5) is 22.0. The smallest absolute Gasteiger partial charge is 0.326 e. The molecule has 1 fully saturated rings. The number of rotatable bonds is 3. The fourth-order valence-corrected chi connectivity index (χ4v) is 1.07. The van der Waals surface area contributed by atoms with Crippen LogP contribution in [0.15, 0.2) is 0 Å². The number of nitrogens with two attached hydrogens (primary N) is 1. The lowest BCUT2D eigenvalue weighted by Gasteiger charge is -2.13. The van der Waals surface area contributed by atoms with Crippen molar-refractivity contribution in [2.75, 3.05) is 20.2 Å². The van der Waals surface area contributed by atoms with Crippen LogP contribution in [0.4, 0.5) is 0 Å². The number of carbonyl (C=O) groups is 2. The minimum Gasteiger partial charge on any atom is -0.480 e. The molecule has 6 N–H and O–H groups in total. The summed E-state index contributed by atoms with van der Waals surface area (Å²) in [5.41, 5.74) is 5.02. The van der Waals surface area contributed by atoms with Gasteiger partial charge in [-0.2, -0.15) is 0 Å². The number of guanidine groups is 1. The number of nitrogens with zero attached hydrogens (tertiary/aromatic N) is 1. The molecule has 0 aromatic carbocycles. The molecule has 98 valence electrons. The van der Waals surface area contributed by atoms with E-state index in [-0.39, 0.29) is 18.5 Å². The number of carboxylic acid groups (broad SMARTS) is 1. The first-order valence-corrected chi connectivity index (χ1v) is 5.06. The highest BCUT2D eigenvalue weighted by Crippen LogP contribution is 2.05. The molecule has 8 heteroatoms. The fraction of sp³-hybridized carbons (Fsp3) is 0.667. The number of hydrogen-bond donors (Lipinski definition) is 5. The van der Waals surface area contributed by atoms with Gasteiger partial charge in [-0.25, -0.2) is 4.79 Å². The SMILES string of the molecule is CN(CCO)C(=N)N.O=C1CC[C@@H](C(=O)O)N1. The van der Waals surface area contributed by atoms with E-state index in [1.165, 1.54) is 4.90 Å². The van der Waals surface area contributed by atoms with Gasteiger partial charge in [-0.05, 0) is 6.42 Å². The van der Waals surface area contributed by atoms with E-state index < -0.39 is 12.0 Å². The number of aliphatic carboxylic acids is 1. The molecule has 17 heavy (non-hydrogen) atoms. The fourth-order valence-electron chi connectivity index (χ4n) is 1.07. The second-order valence-electron chi connectivity index (χ2n) is 3.53. The minimum atomic E-state index is -0.944. The maximum absolute atomic E-state index is 10.4. The molecular weight excluding hydrogens is 228 g/mol. The van der Waals surface area contributed by atoms with Crippen molar-refractivity contribution in [3.63, 3.8) is 0 Å². The third-order valence-corrected chi connectivity index (χ3v) is 2.14. The molecule has 1 saturated heterocycles. The van der Waals surface area contributed by atoms with Crippen LogP contribution in [0.1, 0.15) is 12.8 Å². The van der Waals surface area contributed by atoms with Gasteiger partial charge in [0.1, 0.15) is 6.04 Å². The Morgan fingerprint density at radius 2 is 2.29 bits per heavy atom. The first-order chi connectivity index (χ1) is 7.88. The predicted octanol–water partition coefficient (Wildman–Crippen LogP) is -1.85. The average Bonchev–Trinajstić information content (AvgIpc) is 2.66. The van der Waals surface area contributed by atoms with E-state index in [1.54, 1.807) is 7.05 Å². The second kappa shape index (κ2) is 7.44. The number of likely N-dealkylation sites (N-methyl/N-ethyl adjacent to an activating group) is 1. The lowest BCUT2D eigenvalue weighted by atomic mass is 10.2. The molecular formula is C9H18N4O4. The predicted molar refractivity (Wildman–Crippen MR) is 60.4 cm³/mol. The van der Waals surface area contributed by atoms with Gasteiger partial charge in [0.15, 0.2) is 5.96 Å². The molecule has 0 aliphatic carbocycles. The van der Waals surface area contributed by atoms with Gasteiger partial charge in [0.2, 0.25) is 5.91 Å². The van der Waals surface area contributed by atoms with Crippen LogP contribution in [0.25, 0.3) is 0 Å². The Morgan fingerprint density at radius 1 is 1.71 bits per heavy atom. The van der Waals surface area contributed by atoms with E-state index in [1.807, 2.05) is 0 Å². The van der Waals surface area contributed by atoms with Gasteiger partial charge >= 0.3 is 5.97 Å². The third kappa shape index (κ3) is 6.36. The zero-order valence-electron chi connectivity index (χ0n) is 9.64. The van der Waals surface area contributed by atoms with Crippen molar-refractivity contribution in [1.82, 2.24) is 10.2 Å². The molecule has 0 unspecified atom stereocenters. The Labute approximate surface area is 98.9 Å². The van der Waals surface area contributed by atoms with Crippen LogP contribution in [0, 0.1) is 5.41 Å². The summed E-state index contributed by atoms with van der Waals surface area (Å²) in [6, 6.07) is -0.641. The Kier molecular flexibility index (Phi) is 6.64. The number of amides is 1. The molecule has 8 nitrogen and oxygen atoms in total. The van der Waals surface area contributed by atoms with E-state index in [9.17, 15) is 9.59 Å². The molecule has 1 heterocycles. The Balaban J connectivity index is 0.000000304. The van der Waals surface area contributed by atoms with Crippen LogP contribution in [-0.4, -0.2) is 59.2 Å². The minimum absolute atomic E-state index is 0.0148. The van der Waals surface area contributed by atoms with Crippen molar-refractivity contribution >= 4 is 17.8 Å². The second-order valence-corrected chi connectivity index (χ2v) is 3.53. The van der Waals surface area contributed by atoms with Crippen molar-refractivity contribution in [2.45, 2.75) is 18.9 Å². The van der Waals surface area contributed by atoms with Crippen molar-refractivity contribution in [1.29, 1.82) is 5.41 Å². The van der Waals surface area contributed by atoms with Gasteiger partial charge in [-0.15, -0.1) is 0 Å². The lowest BCUT2D eigenvalue weighted by molar-refractivity contribution is -0.140. The van der Waals surface area contributed by atoms with Gasteiger partial charge in [0, 0.05) is 20.0 Å². The highest BCUT2D eigenvalue weighted by molar-refractivity contribution is 5.87. The number of carbonyl (C=O) groups excluding carboxylic acids is 1. The first-order valence-electron chi connectivity index (χ1n) is 5.06. The normalized spacial score (nSPS) is 17.8. The quantitative estimate of drug-likeness (QED) is 0.292. The number of hydrogen-bond acceptors (Lipinski definition) is 4. The highest BCUT2D eigenvalue weighted by Gasteiger charge is 2.26. The summed E-state index contributed by atoms with van der Waals surface area (Å²) in [5.74, 6) is -1.12. The van der Waals surface area contributed by atoms with Crippen LogP contribution in [0.3, 0.4) is 0 Å². The van der Waals surface area contributed by atoms with E-state index in [0.717, 1.165) is 0 Å². The molecule has 0 aromatic heterocycles. The van der Waals surface area contributed by atoms with Crippen molar-refractivity contribution < 1.29 is 19.8 Å². The molecule has 1 rings (SSSR count). The van der Waals surface area contributed by atoms with E-state index in [4.69, 9.17) is 21.4 Å². The maximum Gasteiger partial charge on any atom is 0.326 e. The molecule has 1 aliphatic heterocycles. The van der Waals surface area contributed by atoms with Gasteiger partial charge in [0.25, 0.3) is 0 Å². The standard InChI is InChI=1S/C5H7NO3.C4H11N3O/c7-4-2-1-3(6-4)5(8)9;1-7(2-3-8)4(5)6/h3H,1-2H2,(H,6,7)(H,8,9);8H,2-3H2,1H3,(H3,5,6)/t3-;/m0./s1. The molecule has 0 spiro atoms. The molecule has 0 saturated carbocycles. The number of carboxylic acids is 1. The average molecular weight is 246 g/mol. The van der Waals surface area contributed by atoms with Crippen molar-refractivity contribution in [3.8, 4) is 0 Å². The number of nitrogens with one attached hydrogen (secondary N) is 2. The largest absolute Gasteiger partial charge is 0.480 e. The van der Waals surface area contributed by atoms with Crippen molar-refractivity contribution in [2.24, 2.45) is 5.73 Å². The summed E-state index contributed by atoms with van der Waals surface area (Å²) >= 11 is 0. The van der Waals surface area contributed by atoms with Gasteiger partial charge < -0.3 is 26.2 Å². The Morgan fingerprint density at radius 3 is 2.47 bits per heavy atom. The topological polar surface area (TPSA) is 140 Å². The summed E-state index contributed by atoms with van der Waals surface area (Å²) in [6.45, 7) is 0.464. The highest BCUT2D eigenvalue weighted by atomic mass is 16.4. The molecule has 1 amide bonds. The monoisotopic (exact) mass is 246 g/mol. The first kappa shape index (κ1) is 15.2. The summed E-state index contributed by atoms with van der Waals surface area (Å²) in [7, 11) is 1.65. The van der Waals surface area contributed by atoms with Gasteiger partial charge in [-0.1, -0.05) is 0 Å². The van der Waals surface area contributed by atoms with Crippen LogP contribution in [0.2, 0.25) is 0 Å². The molecule has 1 atom stereocenters. The van der Waals surface area contributed by atoms with E-state index in [0.29, 0.717) is 19.4 Å². The van der Waals surface area contributed by atoms with Crippen LogP contribution in [-0.2, 0) is 9.59 Å². The molecule has 0 radical (unpaired) electrons. The van der Waals surface area contributed by atoms with Gasteiger partial charge in [-0.3, -0.25) is 10.2 Å². The summed E-state index contributed by atoms with van der Waals surface area (Å²) in [5, 5.41) is 25.7. The summed E-state index contributed by atoms with van der Waals surface area (Å²) in [6.07, 6.45) is 0.769. The van der Waals surface area contributed by atoms with Crippen LogP contribution in [0.5, 0.6) is 0 Å². The maximum atomic E-state index is 10.4. The van der Waals surface area contributed by atoms with E-state index >= 15 is 0 Å². The molecule has 0 bridgehead atoms. The zero-order chi connectivity index (χ0) is 13.4. The van der Waals surface area contributed by atoms with Gasteiger partial charge in [0.05, 0.1) is 6.61 Å². The molecule has 0 aromatic rings. The zero-order valence-corrected chi connectivity index (χ0v) is 9.64. The van der Waals surface area contributed by atoms with Crippen molar-refractivity contribution in [3.05, 3.63) is 0 Å². The lowest BCUT2D eigenvalue weighted by Crippen LogP contribution is -2.34. The molecule has 1 aliphatic rings. The summed E-state index contributed by atoms with van der Waals surface area (Å²) < 4.78 is 0. The Bertz CT molecular complexity index is 295.